The van der Waals surface area contributed by atoms with Crippen LogP contribution in [0.3, 0.4) is 0 Å². The number of aliphatic carboxylic acids is 1. The number of hydrogen-bond acceptors (Lipinski definition) is 15. The Morgan fingerprint density at radius 2 is 1.82 bits per heavy atom. The van der Waals surface area contributed by atoms with Gasteiger partial charge in [0, 0.05) is 76.8 Å². The van der Waals surface area contributed by atoms with Gasteiger partial charge in [0.15, 0.2) is 28.5 Å². The Morgan fingerprint density at radius 1 is 1.03 bits per heavy atom. The topological polar surface area (TPSA) is 202 Å². The van der Waals surface area contributed by atoms with E-state index in [4.69, 9.17) is 28.4 Å². The highest BCUT2D eigenvalue weighted by molar-refractivity contribution is 7.99. The molecule has 3 fully saturated rings. The number of rotatable bonds is 4. The van der Waals surface area contributed by atoms with Gasteiger partial charge in [-0.15, -0.1) is 11.8 Å². The van der Waals surface area contributed by atoms with Crippen molar-refractivity contribution in [3.63, 3.8) is 0 Å². The standard InChI is InChI=1S/C43H44N4O12S/c1-17-9-23-27(32(49)33(17)55-6)30-31-37-29-28(36-35(57-16-58-36)18(2)34(29)59-19(3)48)26(47(31)42(53)13-41(23,4)46(30)14-42)12-56-40(52)43(15-60-37)38-22(11-25(45-43)39(50)51)21-10-20(54-5)7-8-24(21)44-38/h7-10,25-26,30-31,37,44-45,49,53H,11-16H2,1-6H3,(H,50,51)/t25-,26-,30+,31+,37+,41?,42?,43+/m0/s1. The monoisotopic (exact) mass is 840 g/mol. The normalized spacial score (nSPS) is 32.0. The first-order valence-electron chi connectivity index (χ1n) is 20.0. The molecule has 314 valence electrons. The minimum atomic E-state index is -1.71. The van der Waals surface area contributed by atoms with Gasteiger partial charge in [-0.1, -0.05) is 0 Å². The van der Waals surface area contributed by atoms with E-state index in [2.05, 4.69) is 22.1 Å². The van der Waals surface area contributed by atoms with Gasteiger partial charge >= 0.3 is 17.9 Å². The molecule has 0 aliphatic carbocycles. The zero-order valence-electron chi connectivity index (χ0n) is 33.8. The van der Waals surface area contributed by atoms with Crippen LogP contribution < -0.4 is 29.0 Å². The number of aromatic amines is 1. The molecule has 1 spiro atoms. The lowest BCUT2D eigenvalue weighted by molar-refractivity contribution is -0.196. The quantitative estimate of drug-likeness (QED) is 0.145. The smallest absolute Gasteiger partial charge is 0.333 e. The van der Waals surface area contributed by atoms with Gasteiger partial charge in [0.1, 0.15) is 29.9 Å². The predicted molar refractivity (Wildman–Crippen MR) is 214 cm³/mol. The summed E-state index contributed by atoms with van der Waals surface area (Å²) in [6.07, 6.45) is 0.348. The van der Waals surface area contributed by atoms with Crippen molar-refractivity contribution in [1.29, 1.82) is 0 Å². The molecule has 8 atom stereocenters. The van der Waals surface area contributed by atoms with Gasteiger partial charge < -0.3 is 48.7 Å². The summed E-state index contributed by atoms with van der Waals surface area (Å²) < 4.78 is 36.3. The van der Waals surface area contributed by atoms with E-state index >= 15 is 4.79 Å². The first kappa shape index (κ1) is 37.8. The molecule has 8 aliphatic rings. The van der Waals surface area contributed by atoms with E-state index in [9.17, 15) is 24.9 Å². The van der Waals surface area contributed by atoms with E-state index in [0.717, 1.165) is 16.5 Å². The summed E-state index contributed by atoms with van der Waals surface area (Å²) in [6, 6.07) is 4.26. The number of aromatic hydroxyl groups is 1. The van der Waals surface area contributed by atoms with E-state index in [0.29, 0.717) is 62.0 Å². The summed E-state index contributed by atoms with van der Waals surface area (Å²) in [5.74, 6) is -0.430. The summed E-state index contributed by atoms with van der Waals surface area (Å²) in [5, 5.41) is 39.2. The number of carboxylic acid groups (broad SMARTS) is 1. The Bertz CT molecular complexity index is 2630. The molecule has 1 aromatic heterocycles. The highest BCUT2D eigenvalue weighted by Gasteiger charge is 2.72. The molecule has 16 nitrogen and oxygen atoms in total. The molecule has 12 rings (SSSR count). The van der Waals surface area contributed by atoms with E-state index in [-0.39, 0.29) is 50.0 Å². The SMILES string of the molecule is COc1ccc2[nH]c3c(c2c1)C[C@@H](C(=O)O)N[C@]31CS[C@@H]2c3c(OC(C)=O)c(C)c4c(c3[C@H](COC1=O)N1[C@@H]2[C@H]2c3c(cc(C)c(OC)c3O)C3(C)CC1(O)CN23)OCO4. The first-order valence-corrected chi connectivity index (χ1v) is 21.0. The molecule has 0 amide bonds. The lowest BCUT2D eigenvalue weighted by atomic mass is 9.75. The molecule has 5 N–H and O–H groups in total. The third-order valence-electron chi connectivity index (χ3n) is 14.2. The molecular weight excluding hydrogens is 797 g/mol. The van der Waals surface area contributed by atoms with Crippen LogP contribution in [0, 0.1) is 13.8 Å². The van der Waals surface area contributed by atoms with Gasteiger partial charge in [0.2, 0.25) is 6.79 Å². The highest BCUT2D eigenvalue weighted by Crippen LogP contribution is 2.71. The molecule has 3 aromatic carbocycles. The second kappa shape index (κ2) is 12.4. The van der Waals surface area contributed by atoms with Crippen LogP contribution in [0.5, 0.6) is 34.5 Å². The number of phenols is 1. The Kier molecular flexibility index (Phi) is 7.83. The molecule has 4 bridgehead atoms. The van der Waals surface area contributed by atoms with Crippen LogP contribution in [0.25, 0.3) is 10.9 Å². The van der Waals surface area contributed by atoms with Gasteiger partial charge in [-0.25, -0.2) is 4.79 Å². The van der Waals surface area contributed by atoms with E-state index in [1.807, 2.05) is 30.0 Å². The number of thioether (sulfide) groups is 1. The Hall–Kier alpha value is -5.20. The average Bonchev–Trinajstić information content (AvgIpc) is 3.95. The molecule has 0 radical (unpaired) electrons. The zero-order chi connectivity index (χ0) is 41.9. The first-order chi connectivity index (χ1) is 28.7. The number of nitrogens with one attached hydrogen (secondary N) is 2. The maximum absolute atomic E-state index is 15.1. The minimum absolute atomic E-state index is 0.0121. The summed E-state index contributed by atoms with van der Waals surface area (Å²) in [4.78, 5) is 48.9. The number of benzene rings is 3. The molecule has 4 aromatic rings. The summed E-state index contributed by atoms with van der Waals surface area (Å²) in [6.45, 7) is 6.91. The Balaban J connectivity index is 1.19. The number of fused-ring (bicyclic) bond motifs is 11. The van der Waals surface area contributed by atoms with E-state index in [1.54, 1.807) is 20.1 Å². The number of piperazine rings is 1. The number of phenolic OH excluding ortho intramolecular Hbond substituents is 1. The number of aryl methyl sites for hydroxylation is 1. The van der Waals surface area contributed by atoms with Gasteiger partial charge in [0.05, 0.1) is 37.2 Å². The number of aliphatic hydroxyl groups is 1. The molecule has 60 heavy (non-hydrogen) atoms. The van der Waals surface area contributed by atoms with Crippen molar-refractivity contribution in [3.05, 3.63) is 68.9 Å². The van der Waals surface area contributed by atoms with Crippen molar-refractivity contribution in [2.75, 3.05) is 39.9 Å². The van der Waals surface area contributed by atoms with Gasteiger partial charge in [0.25, 0.3) is 0 Å². The predicted octanol–water partition coefficient (Wildman–Crippen LogP) is 4.09. The number of carbonyl (C=O) groups is 3. The minimum Gasteiger partial charge on any atom is -0.504 e. The third kappa shape index (κ3) is 4.64. The fourth-order valence-corrected chi connectivity index (χ4v) is 13.6. The van der Waals surface area contributed by atoms with Crippen LogP contribution in [0.1, 0.15) is 82.2 Å². The maximum atomic E-state index is 15.1. The number of carboxylic acids is 1. The molecular formula is C43H44N4O12S. The number of methoxy groups -OCH3 is 2. The van der Waals surface area contributed by atoms with Crippen molar-refractivity contribution in [2.24, 2.45) is 0 Å². The lowest BCUT2D eigenvalue weighted by Gasteiger charge is -2.59. The zero-order valence-corrected chi connectivity index (χ0v) is 34.6. The van der Waals surface area contributed by atoms with Crippen molar-refractivity contribution in [2.45, 2.75) is 86.8 Å². The molecule has 8 aliphatic heterocycles. The van der Waals surface area contributed by atoms with Crippen molar-refractivity contribution >= 4 is 40.6 Å². The molecule has 17 heteroatoms. The number of ether oxygens (including phenoxy) is 6. The maximum Gasteiger partial charge on any atom is 0.333 e. The molecule has 2 unspecified atom stereocenters. The molecule has 9 heterocycles. The summed E-state index contributed by atoms with van der Waals surface area (Å²) >= 11 is 1.37. The average molecular weight is 841 g/mol. The van der Waals surface area contributed by atoms with Gasteiger partial charge in [-0.3, -0.25) is 24.7 Å². The van der Waals surface area contributed by atoms with Crippen molar-refractivity contribution in [1.82, 2.24) is 20.1 Å². The number of H-pyrrole nitrogens is 1. The van der Waals surface area contributed by atoms with Crippen molar-refractivity contribution in [3.8, 4) is 34.5 Å². The third-order valence-corrected chi connectivity index (χ3v) is 15.6. The van der Waals surface area contributed by atoms with Crippen LogP contribution in [-0.2, 0) is 36.6 Å². The number of hydrogen-bond donors (Lipinski definition) is 5. The summed E-state index contributed by atoms with van der Waals surface area (Å²) in [5.41, 5.74) is 1.98. The molecule has 0 saturated carbocycles. The fourth-order valence-electron chi connectivity index (χ4n) is 11.9. The number of nitrogens with zero attached hydrogens (tertiary/aromatic N) is 2. The molecule has 3 saturated heterocycles. The number of carbonyl (C=O) groups excluding carboxylic acids is 2. The lowest BCUT2D eigenvalue weighted by Crippen LogP contribution is -2.68. The van der Waals surface area contributed by atoms with Crippen molar-refractivity contribution < 1.29 is 58.1 Å². The number of aromatic nitrogens is 1. The largest absolute Gasteiger partial charge is 0.504 e. The Morgan fingerprint density at radius 3 is 2.55 bits per heavy atom. The van der Waals surface area contributed by atoms with Crippen LogP contribution in [0.2, 0.25) is 0 Å². The van der Waals surface area contributed by atoms with Gasteiger partial charge in [-0.05, 0) is 61.7 Å². The second-order valence-corrected chi connectivity index (χ2v) is 18.4. The van der Waals surface area contributed by atoms with Crippen LogP contribution in [0.15, 0.2) is 24.3 Å². The van der Waals surface area contributed by atoms with Crippen LogP contribution >= 0.6 is 11.8 Å². The summed E-state index contributed by atoms with van der Waals surface area (Å²) in [7, 11) is 3.08. The number of esters is 2. The van der Waals surface area contributed by atoms with Gasteiger partial charge in [-0.2, -0.15) is 0 Å². The second-order valence-electron chi connectivity index (χ2n) is 17.3. The fraction of sp³-hybridized carbons (Fsp3) is 0.465. The van der Waals surface area contributed by atoms with Crippen LogP contribution in [-0.4, -0.2) is 106 Å². The van der Waals surface area contributed by atoms with E-state index in [1.165, 1.54) is 25.8 Å². The Labute approximate surface area is 348 Å². The van der Waals surface area contributed by atoms with Crippen LogP contribution in [0.4, 0.5) is 0 Å². The van der Waals surface area contributed by atoms with E-state index < -0.39 is 64.1 Å². The highest BCUT2D eigenvalue weighted by atomic mass is 32.2.